The number of rotatable bonds is 4. The van der Waals surface area contributed by atoms with E-state index >= 15 is 0 Å². The molecule has 2 unspecified atom stereocenters. The van der Waals surface area contributed by atoms with Crippen molar-refractivity contribution in [1.29, 1.82) is 0 Å². The highest BCUT2D eigenvalue weighted by Gasteiger charge is 2.29. The predicted molar refractivity (Wildman–Crippen MR) is 75.8 cm³/mol. The molecule has 1 aliphatic rings. The van der Waals surface area contributed by atoms with E-state index in [2.05, 4.69) is 4.72 Å². The maximum atomic E-state index is 12.2. The van der Waals surface area contributed by atoms with E-state index in [-0.39, 0.29) is 12.0 Å². The normalized spacial score (nSPS) is 25.2. The van der Waals surface area contributed by atoms with E-state index in [1.54, 1.807) is 6.07 Å². The van der Waals surface area contributed by atoms with Gasteiger partial charge in [0.25, 0.3) is 0 Å². The summed E-state index contributed by atoms with van der Waals surface area (Å²) in [4.78, 5) is 1.01. The zero-order valence-electron chi connectivity index (χ0n) is 10.4. The van der Waals surface area contributed by atoms with Gasteiger partial charge in [0, 0.05) is 16.8 Å². The van der Waals surface area contributed by atoms with Crippen LogP contribution in [0.4, 0.5) is 0 Å². The highest BCUT2D eigenvalue weighted by atomic mass is 35.5. The van der Waals surface area contributed by atoms with Crippen molar-refractivity contribution in [2.45, 2.75) is 42.9 Å². The van der Waals surface area contributed by atoms with Gasteiger partial charge in [0.15, 0.2) is 0 Å². The van der Waals surface area contributed by atoms with Crippen LogP contribution in [0.3, 0.4) is 0 Å². The van der Waals surface area contributed by atoms with Crippen LogP contribution >= 0.6 is 22.9 Å². The van der Waals surface area contributed by atoms with Gasteiger partial charge in [-0.05, 0) is 37.8 Å². The first-order valence-corrected chi connectivity index (χ1v) is 9.01. The zero-order chi connectivity index (χ0) is 13.2. The molecule has 2 atom stereocenters. The summed E-state index contributed by atoms with van der Waals surface area (Å²) in [5, 5.41) is 0. The van der Waals surface area contributed by atoms with Crippen molar-refractivity contribution in [2.75, 3.05) is 5.88 Å². The summed E-state index contributed by atoms with van der Waals surface area (Å²) in [6.07, 6.45) is 4.12. The van der Waals surface area contributed by atoms with Gasteiger partial charge < -0.3 is 0 Å². The van der Waals surface area contributed by atoms with E-state index in [0.717, 1.165) is 30.6 Å². The van der Waals surface area contributed by atoms with Crippen LogP contribution in [0.1, 0.15) is 30.6 Å². The van der Waals surface area contributed by atoms with Gasteiger partial charge in [0.2, 0.25) is 10.0 Å². The Bertz CT molecular complexity index is 498. The predicted octanol–water partition coefficient (Wildman–Crippen LogP) is 3.13. The third kappa shape index (κ3) is 3.26. The molecule has 0 radical (unpaired) electrons. The Hall–Kier alpha value is -0.100. The van der Waals surface area contributed by atoms with E-state index in [0.29, 0.717) is 10.1 Å². The summed E-state index contributed by atoms with van der Waals surface area (Å²) in [6.45, 7) is 1.91. The monoisotopic (exact) mass is 307 g/mol. The minimum atomic E-state index is -3.37. The summed E-state index contributed by atoms with van der Waals surface area (Å²) in [5.41, 5.74) is 0. The molecule has 0 bridgehead atoms. The zero-order valence-corrected chi connectivity index (χ0v) is 12.7. The quantitative estimate of drug-likeness (QED) is 0.869. The molecule has 18 heavy (non-hydrogen) atoms. The molecular formula is C12H18ClNO2S2. The van der Waals surface area contributed by atoms with E-state index < -0.39 is 10.0 Å². The number of hydrogen-bond donors (Lipinski definition) is 1. The van der Waals surface area contributed by atoms with Crippen LogP contribution in [0, 0.1) is 12.8 Å². The van der Waals surface area contributed by atoms with E-state index in [9.17, 15) is 8.42 Å². The van der Waals surface area contributed by atoms with Crippen LogP contribution in [0.25, 0.3) is 0 Å². The standard InChI is InChI=1S/C12H18ClNO2S2/c1-9-6-7-12(17-9)18(15,16)14-11-5-3-2-4-10(11)8-13/h6-7,10-11,14H,2-5,8H2,1H3. The Morgan fingerprint density at radius 2 is 2.11 bits per heavy atom. The first kappa shape index (κ1) is 14.3. The van der Waals surface area contributed by atoms with Gasteiger partial charge in [-0.25, -0.2) is 13.1 Å². The maximum absolute atomic E-state index is 12.2. The first-order chi connectivity index (χ1) is 8.53. The Kier molecular flexibility index (Phi) is 4.69. The lowest BCUT2D eigenvalue weighted by molar-refractivity contribution is 0.314. The molecule has 6 heteroatoms. The molecule has 1 aromatic rings. The Balaban J connectivity index is 2.12. The van der Waals surface area contributed by atoms with Gasteiger partial charge in [0.05, 0.1) is 0 Å². The average molecular weight is 308 g/mol. The fourth-order valence-corrected chi connectivity index (χ4v) is 5.37. The van der Waals surface area contributed by atoms with Crippen molar-refractivity contribution in [3.8, 4) is 0 Å². The van der Waals surface area contributed by atoms with Crippen LogP contribution in [0.2, 0.25) is 0 Å². The SMILES string of the molecule is Cc1ccc(S(=O)(=O)NC2CCCCC2CCl)s1. The summed E-state index contributed by atoms with van der Waals surface area (Å²) in [6, 6.07) is 3.49. The van der Waals surface area contributed by atoms with Crippen molar-refractivity contribution in [1.82, 2.24) is 4.72 Å². The number of aryl methyl sites for hydroxylation is 1. The third-order valence-electron chi connectivity index (χ3n) is 3.39. The highest BCUT2D eigenvalue weighted by molar-refractivity contribution is 7.91. The number of thiophene rings is 1. The van der Waals surface area contributed by atoms with Crippen LogP contribution in [-0.4, -0.2) is 20.3 Å². The molecule has 2 rings (SSSR count). The third-order valence-corrected chi connectivity index (χ3v) is 6.77. The summed E-state index contributed by atoms with van der Waals surface area (Å²) >= 11 is 7.23. The summed E-state index contributed by atoms with van der Waals surface area (Å²) < 4.78 is 27.7. The molecule has 0 aliphatic heterocycles. The van der Waals surface area contributed by atoms with Crippen molar-refractivity contribution in [3.63, 3.8) is 0 Å². The molecule has 1 aromatic heterocycles. The van der Waals surface area contributed by atoms with Gasteiger partial charge in [-0.1, -0.05) is 12.8 Å². The lowest BCUT2D eigenvalue weighted by Gasteiger charge is -2.30. The van der Waals surface area contributed by atoms with Crippen molar-refractivity contribution in [3.05, 3.63) is 17.0 Å². The fraction of sp³-hybridized carbons (Fsp3) is 0.667. The maximum Gasteiger partial charge on any atom is 0.250 e. The van der Waals surface area contributed by atoms with Gasteiger partial charge in [-0.15, -0.1) is 22.9 Å². The number of nitrogens with one attached hydrogen (secondary N) is 1. The average Bonchev–Trinajstić information content (AvgIpc) is 2.77. The minimum Gasteiger partial charge on any atom is -0.207 e. The van der Waals surface area contributed by atoms with Crippen LogP contribution in [0.5, 0.6) is 0 Å². The Morgan fingerprint density at radius 1 is 1.39 bits per heavy atom. The summed E-state index contributed by atoms with van der Waals surface area (Å²) in [5.74, 6) is 0.785. The molecule has 1 fully saturated rings. The van der Waals surface area contributed by atoms with E-state index in [1.165, 1.54) is 11.3 Å². The lowest BCUT2D eigenvalue weighted by Crippen LogP contribution is -2.42. The second-order valence-electron chi connectivity index (χ2n) is 4.79. The molecule has 0 amide bonds. The fourth-order valence-electron chi connectivity index (χ4n) is 2.36. The number of sulfonamides is 1. The highest BCUT2D eigenvalue weighted by Crippen LogP contribution is 2.28. The number of halogens is 1. The molecule has 1 saturated carbocycles. The Morgan fingerprint density at radius 3 is 2.72 bits per heavy atom. The van der Waals surface area contributed by atoms with Crippen molar-refractivity contribution < 1.29 is 8.42 Å². The topological polar surface area (TPSA) is 46.2 Å². The largest absolute Gasteiger partial charge is 0.250 e. The number of hydrogen-bond acceptors (Lipinski definition) is 3. The first-order valence-electron chi connectivity index (χ1n) is 6.17. The molecule has 1 N–H and O–H groups in total. The van der Waals surface area contributed by atoms with Gasteiger partial charge in [0.1, 0.15) is 4.21 Å². The van der Waals surface area contributed by atoms with E-state index in [1.807, 2.05) is 13.0 Å². The number of alkyl halides is 1. The van der Waals surface area contributed by atoms with Crippen LogP contribution in [-0.2, 0) is 10.0 Å². The molecular weight excluding hydrogens is 290 g/mol. The molecule has 1 aliphatic carbocycles. The van der Waals surface area contributed by atoms with Gasteiger partial charge in [-0.3, -0.25) is 0 Å². The van der Waals surface area contributed by atoms with Crippen molar-refractivity contribution >= 4 is 33.0 Å². The Labute approximate surface area is 118 Å². The molecule has 3 nitrogen and oxygen atoms in total. The van der Waals surface area contributed by atoms with Crippen LogP contribution in [0.15, 0.2) is 16.3 Å². The molecule has 0 aromatic carbocycles. The van der Waals surface area contributed by atoms with Gasteiger partial charge >= 0.3 is 0 Å². The molecule has 0 spiro atoms. The van der Waals surface area contributed by atoms with Crippen molar-refractivity contribution in [2.24, 2.45) is 5.92 Å². The smallest absolute Gasteiger partial charge is 0.207 e. The van der Waals surface area contributed by atoms with E-state index in [4.69, 9.17) is 11.6 Å². The second-order valence-corrected chi connectivity index (χ2v) is 8.33. The van der Waals surface area contributed by atoms with Gasteiger partial charge in [-0.2, -0.15) is 0 Å². The molecule has 0 saturated heterocycles. The molecule has 102 valence electrons. The second kappa shape index (κ2) is 5.90. The minimum absolute atomic E-state index is 0.0105. The summed E-state index contributed by atoms with van der Waals surface area (Å²) in [7, 11) is -3.37. The lowest BCUT2D eigenvalue weighted by atomic mass is 9.86. The molecule has 1 heterocycles. The van der Waals surface area contributed by atoms with Crippen LogP contribution < -0.4 is 4.72 Å².